The van der Waals surface area contributed by atoms with E-state index in [0.29, 0.717) is 59.9 Å². The molecule has 4 rings (SSSR count). The minimum Gasteiger partial charge on any atom is -0.497 e. The zero-order chi connectivity index (χ0) is 26.7. The van der Waals surface area contributed by atoms with Gasteiger partial charge in [-0.1, -0.05) is 20.8 Å². The lowest BCUT2D eigenvalue weighted by Crippen LogP contribution is -2.56. The van der Waals surface area contributed by atoms with Gasteiger partial charge >= 0.3 is 0 Å². The summed E-state index contributed by atoms with van der Waals surface area (Å²) >= 11 is 0. The molecule has 0 bridgehead atoms. The number of hydrogen-bond acceptors (Lipinski definition) is 7. The van der Waals surface area contributed by atoms with Crippen LogP contribution in [0.5, 0.6) is 11.5 Å². The summed E-state index contributed by atoms with van der Waals surface area (Å²) in [5.74, 6) is 0.624. The Bertz CT molecular complexity index is 1350. The van der Waals surface area contributed by atoms with Crippen molar-refractivity contribution in [1.29, 1.82) is 5.26 Å². The number of nitriles is 1. The molecular weight excluding hydrogens is 472 g/mol. The second kappa shape index (κ2) is 10.5. The van der Waals surface area contributed by atoms with Gasteiger partial charge in [0.1, 0.15) is 23.1 Å². The molecule has 3 heterocycles. The summed E-state index contributed by atoms with van der Waals surface area (Å²) in [6.07, 6.45) is 4.43. The van der Waals surface area contributed by atoms with Gasteiger partial charge in [0.05, 0.1) is 37.7 Å². The lowest BCUT2D eigenvalue weighted by molar-refractivity contribution is -0.137. The lowest BCUT2D eigenvalue weighted by atomic mass is 9.85. The van der Waals surface area contributed by atoms with Gasteiger partial charge in [0.25, 0.3) is 5.91 Å². The maximum absolute atomic E-state index is 13.5. The Labute approximate surface area is 216 Å². The van der Waals surface area contributed by atoms with E-state index in [-0.39, 0.29) is 17.4 Å². The highest BCUT2D eigenvalue weighted by molar-refractivity contribution is 6.06. The van der Waals surface area contributed by atoms with Crippen LogP contribution in [-0.2, 0) is 4.79 Å². The number of benzene rings is 1. The zero-order valence-corrected chi connectivity index (χ0v) is 21.8. The van der Waals surface area contributed by atoms with E-state index in [1.807, 2.05) is 20.8 Å². The molecule has 10 nitrogen and oxygen atoms in total. The van der Waals surface area contributed by atoms with E-state index in [1.54, 1.807) is 49.7 Å². The molecule has 0 aliphatic carbocycles. The molecular formula is C27H32N6O4. The maximum Gasteiger partial charge on any atom is 0.255 e. The SMILES string of the molecule is COc1ccc(OC)c(-c2cnc3[nH]cc(C(=O)N[C@@H](C(=O)N4CCC(C#N)CC4)C(C)(C)C)c3n2)c1. The van der Waals surface area contributed by atoms with Gasteiger partial charge in [0.15, 0.2) is 5.65 Å². The number of ether oxygens (including phenoxy) is 2. The number of carbonyl (C=O) groups excluding carboxylic acids is 2. The van der Waals surface area contributed by atoms with Crippen LogP contribution in [0.25, 0.3) is 22.4 Å². The molecule has 0 spiro atoms. The van der Waals surface area contributed by atoms with E-state index in [9.17, 15) is 14.9 Å². The lowest BCUT2D eigenvalue weighted by Gasteiger charge is -2.37. The van der Waals surface area contributed by atoms with Gasteiger partial charge in [-0.3, -0.25) is 9.59 Å². The number of aromatic nitrogens is 3. The van der Waals surface area contributed by atoms with Crippen LogP contribution < -0.4 is 14.8 Å². The number of fused-ring (bicyclic) bond motifs is 1. The van der Waals surface area contributed by atoms with Gasteiger partial charge in [-0.15, -0.1) is 0 Å². The van der Waals surface area contributed by atoms with Crippen molar-refractivity contribution in [1.82, 2.24) is 25.2 Å². The highest BCUT2D eigenvalue weighted by Gasteiger charge is 2.37. The number of likely N-dealkylation sites (tertiary alicyclic amines) is 1. The standard InChI is InChI=1S/C27H32N6O4/c1-27(2,3)23(26(35)33-10-8-16(13-28)9-11-33)32-25(34)19-14-29-24-22(19)31-20(15-30-24)18-12-17(36-4)6-7-21(18)37-5/h6-7,12,14-16,23H,8-11H2,1-5H3,(H,29,30)(H,32,34)/t23-/m0/s1. The summed E-state index contributed by atoms with van der Waals surface area (Å²) < 4.78 is 10.8. The molecule has 37 heavy (non-hydrogen) atoms. The van der Waals surface area contributed by atoms with Crippen LogP contribution in [0.2, 0.25) is 0 Å². The van der Waals surface area contributed by atoms with Crippen LogP contribution in [0.4, 0.5) is 0 Å². The Morgan fingerprint density at radius 3 is 2.57 bits per heavy atom. The number of amides is 2. The Balaban J connectivity index is 1.63. The summed E-state index contributed by atoms with van der Waals surface area (Å²) in [6.45, 7) is 6.76. The topological polar surface area (TPSA) is 133 Å². The Kier molecular flexibility index (Phi) is 7.34. The van der Waals surface area contributed by atoms with Crippen molar-refractivity contribution in [2.45, 2.75) is 39.7 Å². The summed E-state index contributed by atoms with van der Waals surface area (Å²) in [4.78, 5) is 40.8. The molecule has 0 saturated carbocycles. The summed E-state index contributed by atoms with van der Waals surface area (Å²) in [7, 11) is 3.15. The van der Waals surface area contributed by atoms with E-state index in [2.05, 4.69) is 21.4 Å². The Morgan fingerprint density at radius 1 is 1.22 bits per heavy atom. The molecule has 1 fully saturated rings. The monoisotopic (exact) mass is 504 g/mol. The van der Waals surface area contributed by atoms with Crippen molar-refractivity contribution in [3.63, 3.8) is 0 Å². The number of rotatable bonds is 6. The maximum atomic E-state index is 13.5. The molecule has 1 aromatic carbocycles. The van der Waals surface area contributed by atoms with Crippen molar-refractivity contribution in [3.8, 4) is 28.8 Å². The average Bonchev–Trinajstić information content (AvgIpc) is 3.33. The first kappa shape index (κ1) is 25.9. The molecule has 194 valence electrons. The molecule has 0 unspecified atom stereocenters. The van der Waals surface area contributed by atoms with Crippen LogP contribution >= 0.6 is 0 Å². The van der Waals surface area contributed by atoms with Crippen molar-refractivity contribution >= 4 is 23.0 Å². The first-order valence-corrected chi connectivity index (χ1v) is 12.2. The number of aromatic amines is 1. The van der Waals surface area contributed by atoms with Crippen molar-refractivity contribution < 1.29 is 19.1 Å². The van der Waals surface area contributed by atoms with Gasteiger partial charge in [-0.2, -0.15) is 5.26 Å². The summed E-state index contributed by atoms with van der Waals surface area (Å²) in [6, 6.07) is 6.90. The smallest absolute Gasteiger partial charge is 0.255 e. The zero-order valence-electron chi connectivity index (χ0n) is 21.8. The molecule has 1 atom stereocenters. The molecule has 2 aromatic heterocycles. The van der Waals surface area contributed by atoms with E-state index < -0.39 is 17.4 Å². The van der Waals surface area contributed by atoms with E-state index in [1.165, 1.54) is 0 Å². The van der Waals surface area contributed by atoms with E-state index >= 15 is 0 Å². The van der Waals surface area contributed by atoms with Crippen LogP contribution in [0.1, 0.15) is 44.0 Å². The molecule has 1 aliphatic heterocycles. The van der Waals surface area contributed by atoms with Crippen molar-refractivity contribution in [2.75, 3.05) is 27.3 Å². The molecule has 2 N–H and O–H groups in total. The van der Waals surface area contributed by atoms with Crippen LogP contribution in [0, 0.1) is 22.7 Å². The van der Waals surface area contributed by atoms with Gasteiger partial charge in [-0.25, -0.2) is 9.97 Å². The van der Waals surface area contributed by atoms with Crippen molar-refractivity contribution in [2.24, 2.45) is 11.3 Å². The van der Waals surface area contributed by atoms with E-state index in [4.69, 9.17) is 14.5 Å². The van der Waals surface area contributed by atoms with Gasteiger partial charge in [0.2, 0.25) is 5.91 Å². The molecule has 2 amide bonds. The first-order valence-electron chi connectivity index (χ1n) is 12.2. The highest BCUT2D eigenvalue weighted by atomic mass is 16.5. The third-order valence-corrected chi connectivity index (χ3v) is 6.69. The number of hydrogen-bond donors (Lipinski definition) is 2. The fourth-order valence-electron chi connectivity index (χ4n) is 4.48. The molecule has 1 saturated heterocycles. The van der Waals surface area contributed by atoms with Crippen LogP contribution in [0.3, 0.4) is 0 Å². The van der Waals surface area contributed by atoms with E-state index in [0.717, 1.165) is 0 Å². The third-order valence-electron chi connectivity index (χ3n) is 6.69. The predicted molar refractivity (Wildman–Crippen MR) is 138 cm³/mol. The molecule has 10 heteroatoms. The number of carbonyl (C=O) groups is 2. The number of nitrogens with zero attached hydrogens (tertiary/aromatic N) is 4. The van der Waals surface area contributed by atoms with Crippen LogP contribution in [-0.4, -0.2) is 65.0 Å². The van der Waals surface area contributed by atoms with Gasteiger partial charge < -0.3 is 24.7 Å². The number of H-pyrrole nitrogens is 1. The fourth-order valence-corrected chi connectivity index (χ4v) is 4.48. The van der Waals surface area contributed by atoms with Crippen LogP contribution in [0.15, 0.2) is 30.6 Å². The minimum absolute atomic E-state index is 0.0334. The minimum atomic E-state index is -0.752. The largest absolute Gasteiger partial charge is 0.497 e. The number of methoxy groups -OCH3 is 2. The third kappa shape index (κ3) is 5.35. The average molecular weight is 505 g/mol. The number of piperidine rings is 1. The van der Waals surface area contributed by atoms with Gasteiger partial charge in [0, 0.05) is 30.8 Å². The Hall–Kier alpha value is -4.13. The normalized spacial score (nSPS) is 15.2. The second-order valence-corrected chi connectivity index (χ2v) is 10.2. The fraction of sp³-hybridized carbons (Fsp3) is 0.444. The highest BCUT2D eigenvalue weighted by Crippen LogP contribution is 2.33. The van der Waals surface area contributed by atoms with Crippen molar-refractivity contribution in [3.05, 3.63) is 36.2 Å². The molecule has 3 aromatic rings. The second-order valence-electron chi connectivity index (χ2n) is 10.2. The quantitative estimate of drug-likeness (QED) is 0.524. The summed E-state index contributed by atoms with van der Waals surface area (Å²) in [5, 5.41) is 12.1. The Morgan fingerprint density at radius 2 is 1.95 bits per heavy atom. The summed E-state index contributed by atoms with van der Waals surface area (Å²) in [5.41, 5.74) is 1.78. The van der Waals surface area contributed by atoms with Gasteiger partial charge in [-0.05, 0) is 36.5 Å². The molecule has 1 aliphatic rings. The molecule has 0 radical (unpaired) electrons. The number of nitrogens with one attached hydrogen (secondary N) is 2. The first-order chi connectivity index (χ1) is 17.7. The predicted octanol–water partition coefficient (Wildman–Crippen LogP) is 3.55.